The maximum absolute atomic E-state index is 12.7. The van der Waals surface area contributed by atoms with Crippen LogP contribution >= 0.6 is 0 Å². The molecule has 27 heavy (non-hydrogen) atoms. The summed E-state index contributed by atoms with van der Waals surface area (Å²) in [5.74, 6) is -0.999. The molecule has 2 aromatic rings. The fourth-order valence-corrected chi connectivity index (χ4v) is 3.28. The van der Waals surface area contributed by atoms with Crippen molar-refractivity contribution in [3.8, 4) is 0 Å². The lowest BCUT2D eigenvalue weighted by Crippen LogP contribution is -2.32. The van der Waals surface area contributed by atoms with Gasteiger partial charge in [-0.3, -0.25) is 9.59 Å². The number of aryl methyl sites for hydroxylation is 1. The van der Waals surface area contributed by atoms with Crippen LogP contribution in [-0.2, 0) is 9.59 Å². The number of likely N-dealkylation sites (tertiary alicyclic amines) is 1. The minimum absolute atomic E-state index is 0.0728. The fourth-order valence-electron chi connectivity index (χ4n) is 3.28. The number of hydrogen-bond acceptors (Lipinski definition) is 5. The van der Waals surface area contributed by atoms with Crippen LogP contribution in [0.5, 0.6) is 0 Å². The molecule has 0 saturated carbocycles. The molecule has 6 nitrogen and oxygen atoms in total. The summed E-state index contributed by atoms with van der Waals surface area (Å²) in [6.07, 6.45) is 2.21. The summed E-state index contributed by atoms with van der Waals surface area (Å²) in [5, 5.41) is 10.8. The third-order valence-corrected chi connectivity index (χ3v) is 4.68. The van der Waals surface area contributed by atoms with Gasteiger partial charge < -0.3 is 19.3 Å². The Hall–Kier alpha value is -2.86. The van der Waals surface area contributed by atoms with Crippen molar-refractivity contribution in [2.24, 2.45) is 0 Å². The molecule has 1 fully saturated rings. The zero-order valence-corrected chi connectivity index (χ0v) is 15.8. The van der Waals surface area contributed by atoms with Gasteiger partial charge in [0.25, 0.3) is 11.7 Å². The van der Waals surface area contributed by atoms with Crippen LogP contribution in [0.4, 0.5) is 0 Å². The van der Waals surface area contributed by atoms with Crippen LogP contribution in [0, 0.1) is 6.92 Å². The van der Waals surface area contributed by atoms with Gasteiger partial charge in [0, 0.05) is 12.1 Å². The number of ketones is 1. The van der Waals surface area contributed by atoms with Gasteiger partial charge in [-0.05, 0) is 46.1 Å². The molecule has 0 radical (unpaired) electrons. The summed E-state index contributed by atoms with van der Waals surface area (Å²) in [5.41, 5.74) is 1.62. The summed E-state index contributed by atoms with van der Waals surface area (Å²) in [4.78, 5) is 28.9. The van der Waals surface area contributed by atoms with Crippen LogP contribution in [0.2, 0.25) is 0 Å². The maximum atomic E-state index is 12.7. The lowest BCUT2D eigenvalue weighted by Gasteiger charge is -2.24. The van der Waals surface area contributed by atoms with E-state index in [-0.39, 0.29) is 11.3 Å². The Morgan fingerprint density at radius 3 is 2.48 bits per heavy atom. The number of furan rings is 1. The molecule has 1 aliphatic rings. The Kier molecular flexibility index (Phi) is 5.46. The van der Waals surface area contributed by atoms with E-state index in [1.807, 2.05) is 38.1 Å². The predicted molar refractivity (Wildman–Crippen MR) is 102 cm³/mol. The highest BCUT2D eigenvalue weighted by Crippen LogP contribution is 2.39. The number of amides is 1. The van der Waals surface area contributed by atoms with Crippen molar-refractivity contribution in [1.82, 2.24) is 9.80 Å². The fraction of sp³-hybridized carbons (Fsp3) is 0.333. The first-order valence-corrected chi connectivity index (χ1v) is 8.93. The smallest absolute Gasteiger partial charge is 0.295 e. The second-order valence-corrected chi connectivity index (χ2v) is 7.03. The summed E-state index contributed by atoms with van der Waals surface area (Å²) < 4.78 is 5.51. The largest absolute Gasteiger partial charge is 0.507 e. The van der Waals surface area contributed by atoms with Crippen LogP contribution in [0.3, 0.4) is 0 Å². The zero-order valence-electron chi connectivity index (χ0n) is 15.8. The van der Waals surface area contributed by atoms with Gasteiger partial charge in [-0.15, -0.1) is 0 Å². The van der Waals surface area contributed by atoms with Crippen molar-refractivity contribution in [3.05, 3.63) is 65.1 Å². The predicted octanol–water partition coefficient (Wildman–Crippen LogP) is 2.96. The van der Waals surface area contributed by atoms with Crippen molar-refractivity contribution in [2.75, 3.05) is 27.2 Å². The Balaban J connectivity index is 2.03. The Bertz CT molecular complexity index is 851. The lowest BCUT2D eigenvalue weighted by atomic mass is 9.99. The number of rotatable bonds is 6. The standard InChI is InChI=1S/C21H24N2O4/c1-14-7-9-15(10-8-14)19(24)17-18(16-6-4-13-27-16)23(21(26)20(17)25)12-5-11-22(2)3/h4,6-10,13,18,24H,5,11-12H2,1-3H3/t18-/m0/s1. The summed E-state index contributed by atoms with van der Waals surface area (Å²) in [6, 6.07) is 9.89. The number of aliphatic hydroxyl groups is 1. The van der Waals surface area contributed by atoms with Gasteiger partial charge in [-0.25, -0.2) is 0 Å². The monoisotopic (exact) mass is 368 g/mol. The highest BCUT2D eigenvalue weighted by molar-refractivity contribution is 6.46. The minimum Gasteiger partial charge on any atom is -0.507 e. The van der Waals surface area contributed by atoms with E-state index in [0.717, 1.165) is 12.1 Å². The highest BCUT2D eigenvalue weighted by Gasteiger charge is 2.47. The number of carbonyl (C=O) groups is 2. The Morgan fingerprint density at radius 1 is 1.19 bits per heavy atom. The number of nitrogens with zero attached hydrogens (tertiary/aromatic N) is 2. The molecule has 1 aromatic heterocycles. The van der Waals surface area contributed by atoms with Crippen LogP contribution in [0.1, 0.15) is 29.3 Å². The summed E-state index contributed by atoms with van der Waals surface area (Å²) in [7, 11) is 3.91. The lowest BCUT2D eigenvalue weighted by molar-refractivity contribution is -0.140. The third-order valence-electron chi connectivity index (χ3n) is 4.68. The molecule has 0 bridgehead atoms. The van der Waals surface area contributed by atoms with E-state index in [1.54, 1.807) is 24.3 Å². The van der Waals surface area contributed by atoms with E-state index in [4.69, 9.17) is 4.42 Å². The van der Waals surface area contributed by atoms with E-state index < -0.39 is 17.7 Å². The molecule has 1 aromatic carbocycles. The van der Waals surface area contributed by atoms with Crippen molar-refractivity contribution in [2.45, 2.75) is 19.4 Å². The quantitative estimate of drug-likeness (QED) is 0.482. The van der Waals surface area contributed by atoms with E-state index in [1.165, 1.54) is 11.2 Å². The first-order chi connectivity index (χ1) is 12.9. The molecular weight excluding hydrogens is 344 g/mol. The summed E-state index contributed by atoms with van der Waals surface area (Å²) >= 11 is 0. The SMILES string of the molecule is Cc1ccc(C(O)=C2C(=O)C(=O)N(CCCN(C)C)[C@H]2c2ccco2)cc1. The van der Waals surface area contributed by atoms with Gasteiger partial charge in [0.15, 0.2) is 0 Å². The molecule has 1 atom stereocenters. The zero-order chi connectivity index (χ0) is 19.6. The van der Waals surface area contributed by atoms with Crippen LogP contribution in [0.25, 0.3) is 5.76 Å². The molecule has 1 N–H and O–H groups in total. The van der Waals surface area contributed by atoms with Crippen molar-refractivity contribution in [1.29, 1.82) is 0 Å². The molecule has 142 valence electrons. The molecule has 1 aliphatic heterocycles. The average Bonchev–Trinajstić information content (AvgIpc) is 3.24. The van der Waals surface area contributed by atoms with Gasteiger partial charge in [-0.1, -0.05) is 29.8 Å². The van der Waals surface area contributed by atoms with E-state index >= 15 is 0 Å². The molecule has 6 heteroatoms. The molecule has 0 aliphatic carbocycles. The molecule has 2 heterocycles. The van der Waals surface area contributed by atoms with Crippen LogP contribution < -0.4 is 0 Å². The second-order valence-electron chi connectivity index (χ2n) is 7.03. The van der Waals surface area contributed by atoms with Crippen molar-refractivity contribution >= 4 is 17.4 Å². The van der Waals surface area contributed by atoms with Crippen molar-refractivity contribution < 1.29 is 19.1 Å². The van der Waals surface area contributed by atoms with Crippen LogP contribution in [-0.4, -0.2) is 53.8 Å². The summed E-state index contributed by atoms with van der Waals surface area (Å²) in [6.45, 7) is 3.13. The van der Waals surface area contributed by atoms with Crippen LogP contribution in [0.15, 0.2) is 52.7 Å². The number of benzene rings is 1. The van der Waals surface area contributed by atoms with Gasteiger partial charge in [0.05, 0.1) is 11.8 Å². The van der Waals surface area contributed by atoms with Gasteiger partial charge >= 0.3 is 0 Å². The third kappa shape index (κ3) is 3.80. The van der Waals surface area contributed by atoms with Crippen molar-refractivity contribution in [3.63, 3.8) is 0 Å². The number of carbonyl (C=O) groups excluding carboxylic acids is 2. The maximum Gasteiger partial charge on any atom is 0.295 e. The van der Waals surface area contributed by atoms with E-state index in [0.29, 0.717) is 24.3 Å². The second kappa shape index (κ2) is 7.80. The minimum atomic E-state index is -0.719. The van der Waals surface area contributed by atoms with Gasteiger partial charge in [0.1, 0.15) is 17.6 Å². The Morgan fingerprint density at radius 2 is 1.89 bits per heavy atom. The average molecular weight is 368 g/mol. The van der Waals surface area contributed by atoms with E-state index in [2.05, 4.69) is 0 Å². The molecule has 1 amide bonds. The van der Waals surface area contributed by atoms with E-state index in [9.17, 15) is 14.7 Å². The normalized spacial score (nSPS) is 19.3. The van der Waals surface area contributed by atoms with Gasteiger partial charge in [-0.2, -0.15) is 0 Å². The molecule has 0 unspecified atom stereocenters. The number of Topliss-reactive ketones (excluding diaryl/α,β-unsaturated/α-hetero) is 1. The molecule has 0 spiro atoms. The number of aliphatic hydroxyl groups excluding tert-OH is 1. The highest BCUT2D eigenvalue weighted by atomic mass is 16.3. The number of hydrogen-bond donors (Lipinski definition) is 1. The topological polar surface area (TPSA) is 74.0 Å². The molecule has 1 saturated heterocycles. The first kappa shape index (κ1) is 18.9. The van der Waals surface area contributed by atoms with Gasteiger partial charge in [0.2, 0.25) is 0 Å². The molecular formula is C21H24N2O4. The Labute approximate surface area is 158 Å². The molecule has 3 rings (SSSR count). The first-order valence-electron chi connectivity index (χ1n) is 8.93.